The van der Waals surface area contributed by atoms with Crippen molar-refractivity contribution in [1.29, 1.82) is 0 Å². The fourth-order valence-electron chi connectivity index (χ4n) is 2.41. The van der Waals surface area contributed by atoms with Gasteiger partial charge in [0.15, 0.2) is 5.78 Å². The maximum Gasteiger partial charge on any atom is 0.274 e. The van der Waals surface area contributed by atoms with E-state index in [1.54, 1.807) is 61.5 Å². The molecule has 3 rings (SSSR count). The number of aromatic nitrogens is 2. The lowest BCUT2D eigenvalue weighted by atomic mass is 10.1. The summed E-state index contributed by atoms with van der Waals surface area (Å²) >= 11 is 6.08. The molecule has 2 aromatic carbocycles. The van der Waals surface area contributed by atoms with Crippen LogP contribution in [0.15, 0.2) is 54.6 Å². The molecule has 7 heteroatoms. The fourth-order valence-corrected chi connectivity index (χ4v) is 2.59. The first kappa shape index (κ1) is 18.5. The summed E-state index contributed by atoms with van der Waals surface area (Å²) in [5, 5.41) is 6.23. The van der Waals surface area contributed by atoms with Crippen LogP contribution in [0.3, 0.4) is 0 Å². The molecule has 1 heterocycles. The number of hydrogen-bond donors (Lipinski definition) is 2. The number of hydrogen-bond acceptors (Lipinski definition) is 5. The van der Waals surface area contributed by atoms with Crippen molar-refractivity contribution in [3.05, 3.63) is 76.6 Å². The number of carbonyl (C=O) groups excluding carboxylic acids is 2. The number of aryl methyl sites for hydroxylation is 1. The Labute approximate surface area is 161 Å². The fraction of sp³-hybridized carbons (Fsp3) is 0.100. The molecule has 6 nitrogen and oxygen atoms in total. The van der Waals surface area contributed by atoms with Crippen molar-refractivity contribution in [1.82, 2.24) is 9.97 Å². The predicted molar refractivity (Wildman–Crippen MR) is 106 cm³/mol. The number of ketones is 1. The van der Waals surface area contributed by atoms with Crippen molar-refractivity contribution in [3.8, 4) is 0 Å². The number of benzene rings is 2. The van der Waals surface area contributed by atoms with Crippen LogP contribution in [0.5, 0.6) is 0 Å². The molecule has 0 bridgehead atoms. The minimum Gasteiger partial charge on any atom is -0.324 e. The lowest BCUT2D eigenvalue weighted by Gasteiger charge is -2.10. The molecular formula is C20H17ClN4O2. The standard InChI is InChI=1S/C20H17ClN4O2/c1-12-11-18(19(27)24-17-6-4-3-5-16(17)21)25-20(22-12)23-15-9-7-14(8-10-15)13(2)26/h3-11H,1-2H3,(H,24,27)(H,22,23,25). The second-order valence-corrected chi connectivity index (χ2v) is 6.32. The van der Waals surface area contributed by atoms with E-state index in [0.29, 0.717) is 27.7 Å². The van der Waals surface area contributed by atoms with Crippen LogP contribution in [-0.4, -0.2) is 21.7 Å². The van der Waals surface area contributed by atoms with Gasteiger partial charge in [-0.1, -0.05) is 23.7 Å². The van der Waals surface area contributed by atoms with Gasteiger partial charge in [-0.3, -0.25) is 9.59 Å². The largest absolute Gasteiger partial charge is 0.324 e. The van der Waals surface area contributed by atoms with Crippen molar-refractivity contribution in [2.45, 2.75) is 13.8 Å². The minimum absolute atomic E-state index is 0.00751. The lowest BCUT2D eigenvalue weighted by molar-refractivity contribution is 0.101. The van der Waals surface area contributed by atoms with Gasteiger partial charge >= 0.3 is 0 Å². The van der Waals surface area contributed by atoms with Crippen LogP contribution in [0.25, 0.3) is 0 Å². The number of nitrogens with one attached hydrogen (secondary N) is 2. The van der Waals surface area contributed by atoms with E-state index in [4.69, 9.17) is 11.6 Å². The van der Waals surface area contributed by atoms with Crippen molar-refractivity contribution < 1.29 is 9.59 Å². The zero-order chi connectivity index (χ0) is 19.4. The summed E-state index contributed by atoms with van der Waals surface area (Å²) in [5.74, 6) is -0.106. The van der Waals surface area contributed by atoms with E-state index >= 15 is 0 Å². The molecule has 0 aliphatic carbocycles. The van der Waals surface area contributed by atoms with Gasteiger partial charge in [0, 0.05) is 16.9 Å². The van der Waals surface area contributed by atoms with Crippen molar-refractivity contribution in [2.24, 2.45) is 0 Å². The van der Waals surface area contributed by atoms with Gasteiger partial charge in [-0.15, -0.1) is 0 Å². The Bertz CT molecular complexity index is 1000. The summed E-state index contributed by atoms with van der Waals surface area (Å²) in [7, 11) is 0. The van der Waals surface area contributed by atoms with Gasteiger partial charge < -0.3 is 10.6 Å². The summed E-state index contributed by atoms with van der Waals surface area (Å²) in [6.07, 6.45) is 0. The maximum atomic E-state index is 12.5. The van der Waals surface area contributed by atoms with E-state index in [2.05, 4.69) is 20.6 Å². The molecule has 0 unspecified atom stereocenters. The van der Waals surface area contributed by atoms with Crippen LogP contribution >= 0.6 is 11.6 Å². The van der Waals surface area contributed by atoms with Gasteiger partial charge in [0.25, 0.3) is 5.91 Å². The van der Waals surface area contributed by atoms with Crippen molar-refractivity contribution >= 4 is 40.6 Å². The van der Waals surface area contributed by atoms with Crippen LogP contribution in [0.2, 0.25) is 5.02 Å². The Morgan fingerprint density at radius 1 is 1.00 bits per heavy atom. The number of carbonyl (C=O) groups is 2. The van der Waals surface area contributed by atoms with E-state index in [9.17, 15) is 9.59 Å². The number of nitrogens with zero attached hydrogens (tertiary/aromatic N) is 2. The number of halogens is 1. The molecule has 0 fully saturated rings. The first-order valence-corrected chi connectivity index (χ1v) is 8.60. The normalized spacial score (nSPS) is 10.3. The second kappa shape index (κ2) is 7.97. The monoisotopic (exact) mass is 380 g/mol. The van der Waals surface area contributed by atoms with E-state index < -0.39 is 0 Å². The van der Waals surface area contributed by atoms with E-state index in [-0.39, 0.29) is 23.3 Å². The minimum atomic E-state index is -0.386. The first-order valence-electron chi connectivity index (χ1n) is 8.22. The topological polar surface area (TPSA) is 84.0 Å². The molecule has 0 atom stereocenters. The highest BCUT2D eigenvalue weighted by Gasteiger charge is 2.12. The summed E-state index contributed by atoms with van der Waals surface area (Å²) in [4.78, 5) is 32.4. The number of para-hydroxylation sites is 1. The smallest absolute Gasteiger partial charge is 0.274 e. The molecular weight excluding hydrogens is 364 g/mol. The van der Waals surface area contributed by atoms with Crippen LogP contribution in [0.1, 0.15) is 33.5 Å². The van der Waals surface area contributed by atoms with Crippen LogP contribution in [-0.2, 0) is 0 Å². The Balaban J connectivity index is 1.80. The Morgan fingerprint density at radius 3 is 2.37 bits per heavy atom. The molecule has 0 saturated carbocycles. The average Bonchev–Trinajstić information content (AvgIpc) is 2.63. The SMILES string of the molecule is CC(=O)c1ccc(Nc2nc(C)cc(C(=O)Nc3ccccc3Cl)n2)cc1. The Morgan fingerprint density at radius 2 is 1.70 bits per heavy atom. The van der Waals surface area contributed by atoms with Crippen LogP contribution < -0.4 is 10.6 Å². The van der Waals surface area contributed by atoms with Gasteiger partial charge in [-0.2, -0.15) is 0 Å². The third-order valence-corrected chi connectivity index (χ3v) is 4.09. The summed E-state index contributed by atoms with van der Waals surface area (Å²) in [5.41, 5.74) is 2.69. The van der Waals surface area contributed by atoms with Crippen molar-refractivity contribution in [2.75, 3.05) is 10.6 Å². The molecule has 136 valence electrons. The zero-order valence-corrected chi connectivity index (χ0v) is 15.5. The summed E-state index contributed by atoms with van der Waals surface area (Å²) in [6, 6.07) is 15.5. The third-order valence-electron chi connectivity index (χ3n) is 3.76. The van der Waals surface area contributed by atoms with E-state index in [0.717, 1.165) is 0 Å². The molecule has 1 aromatic heterocycles. The molecule has 3 aromatic rings. The molecule has 2 N–H and O–H groups in total. The third kappa shape index (κ3) is 4.68. The molecule has 0 spiro atoms. The zero-order valence-electron chi connectivity index (χ0n) is 14.8. The van der Waals surface area contributed by atoms with Crippen LogP contribution in [0.4, 0.5) is 17.3 Å². The van der Waals surface area contributed by atoms with Gasteiger partial charge in [0.1, 0.15) is 5.69 Å². The number of anilines is 3. The number of Topliss-reactive ketones (excluding diaryl/α,β-unsaturated/α-hetero) is 1. The van der Waals surface area contributed by atoms with Gasteiger partial charge in [-0.25, -0.2) is 9.97 Å². The number of amides is 1. The summed E-state index contributed by atoms with van der Waals surface area (Å²) < 4.78 is 0. The maximum absolute atomic E-state index is 12.5. The Hall–Kier alpha value is -3.25. The number of rotatable bonds is 5. The quantitative estimate of drug-likeness (QED) is 0.630. The van der Waals surface area contributed by atoms with Gasteiger partial charge in [0.2, 0.25) is 5.95 Å². The van der Waals surface area contributed by atoms with E-state index in [1.807, 2.05) is 0 Å². The van der Waals surface area contributed by atoms with Crippen LogP contribution in [0, 0.1) is 6.92 Å². The molecule has 27 heavy (non-hydrogen) atoms. The molecule has 0 radical (unpaired) electrons. The highest BCUT2D eigenvalue weighted by atomic mass is 35.5. The highest BCUT2D eigenvalue weighted by molar-refractivity contribution is 6.33. The molecule has 0 saturated heterocycles. The Kier molecular flexibility index (Phi) is 5.47. The second-order valence-electron chi connectivity index (χ2n) is 5.91. The van der Waals surface area contributed by atoms with E-state index in [1.165, 1.54) is 6.92 Å². The summed E-state index contributed by atoms with van der Waals surface area (Å²) in [6.45, 7) is 3.29. The molecule has 0 aliphatic rings. The van der Waals surface area contributed by atoms with Crippen molar-refractivity contribution in [3.63, 3.8) is 0 Å². The molecule has 0 aliphatic heterocycles. The molecule has 1 amide bonds. The van der Waals surface area contributed by atoms with Gasteiger partial charge in [0.05, 0.1) is 10.7 Å². The average molecular weight is 381 g/mol. The lowest BCUT2D eigenvalue weighted by Crippen LogP contribution is -2.15. The highest BCUT2D eigenvalue weighted by Crippen LogP contribution is 2.21. The van der Waals surface area contributed by atoms with Gasteiger partial charge in [-0.05, 0) is 56.3 Å². The predicted octanol–water partition coefficient (Wildman–Crippen LogP) is 4.64. The first-order chi connectivity index (χ1) is 12.9.